The number of methoxy groups -OCH3 is 1. The van der Waals surface area contributed by atoms with E-state index in [4.69, 9.17) is 28.4 Å². The molecule has 4 aromatic rings. The highest BCUT2D eigenvalue weighted by Crippen LogP contribution is 2.38. The normalized spacial score (nSPS) is 13.7. The quantitative estimate of drug-likeness (QED) is 0.0113. The summed E-state index contributed by atoms with van der Waals surface area (Å²) in [7, 11) is 1.29. The van der Waals surface area contributed by atoms with Crippen molar-refractivity contribution < 1.29 is 87.2 Å². The summed E-state index contributed by atoms with van der Waals surface area (Å²) in [5.41, 5.74) is -3.14. The fourth-order valence-corrected chi connectivity index (χ4v) is 10.2. The highest BCUT2D eigenvalue weighted by molar-refractivity contribution is 6.04. The molecule has 5 atom stereocenters. The van der Waals surface area contributed by atoms with Gasteiger partial charge in [-0.15, -0.1) is 0 Å². The van der Waals surface area contributed by atoms with E-state index in [-0.39, 0.29) is 84.5 Å². The van der Waals surface area contributed by atoms with Crippen LogP contribution in [0.5, 0.6) is 0 Å². The summed E-state index contributed by atoms with van der Waals surface area (Å²) < 4.78 is 34.5. The number of ketones is 4. The molecule has 24 nitrogen and oxygen atoms in total. The first-order valence-corrected chi connectivity index (χ1v) is 33.4. The Morgan fingerprint density at radius 2 is 0.732 bits per heavy atom. The maximum atomic E-state index is 13.9. The number of carbonyl (C=O) groups is 8. The summed E-state index contributed by atoms with van der Waals surface area (Å²) in [5.74, 6) is -1.89. The number of unbranched alkanes of at least 4 members (excludes halogenated alkanes) is 6. The van der Waals surface area contributed by atoms with Crippen molar-refractivity contribution in [2.75, 3.05) is 66.3 Å². The average Bonchev–Trinajstić information content (AvgIpc) is 0.773. The van der Waals surface area contributed by atoms with Crippen LogP contribution in [0.2, 0.25) is 0 Å². The van der Waals surface area contributed by atoms with Gasteiger partial charge < -0.3 is 75.4 Å². The summed E-state index contributed by atoms with van der Waals surface area (Å²) in [6.45, 7) is 23.5. The molecule has 9 N–H and O–H groups in total. The van der Waals surface area contributed by atoms with Crippen LogP contribution in [-0.2, 0) is 28.4 Å². The predicted molar refractivity (Wildman–Crippen MR) is 369 cm³/mol. The summed E-state index contributed by atoms with van der Waals surface area (Å²) in [6, 6.07) is 24.4. The zero-order chi connectivity index (χ0) is 72.3. The van der Waals surface area contributed by atoms with Crippen LogP contribution in [0.1, 0.15) is 200 Å². The van der Waals surface area contributed by atoms with E-state index in [1.165, 1.54) is 62.5 Å². The van der Waals surface area contributed by atoms with Gasteiger partial charge in [0.05, 0.1) is 77.1 Å². The second kappa shape index (κ2) is 38.6. The smallest absolute Gasteiger partial charge is 0.436 e. The van der Waals surface area contributed by atoms with E-state index in [9.17, 15) is 58.8 Å². The average molecular weight is 1360 g/mol. The monoisotopic (exact) mass is 1360 g/mol. The van der Waals surface area contributed by atoms with E-state index in [2.05, 4.69) is 26.6 Å². The van der Waals surface area contributed by atoms with E-state index in [0.29, 0.717) is 87.6 Å². The Morgan fingerprint density at radius 3 is 1.09 bits per heavy atom. The van der Waals surface area contributed by atoms with Crippen molar-refractivity contribution in [2.45, 2.75) is 200 Å². The molecule has 4 aromatic carbocycles. The van der Waals surface area contributed by atoms with Gasteiger partial charge in [0.15, 0.2) is 29.2 Å². The van der Waals surface area contributed by atoms with Gasteiger partial charge in [-0.2, -0.15) is 9.28 Å². The molecule has 0 bridgehead atoms. The van der Waals surface area contributed by atoms with Crippen LogP contribution >= 0.6 is 0 Å². The number of aliphatic hydroxyl groups is 4. The molecule has 24 heteroatoms. The topological polar surface area (TPSA) is 333 Å². The van der Waals surface area contributed by atoms with Crippen molar-refractivity contribution in [2.24, 2.45) is 0 Å². The molecule has 4 rings (SSSR count). The zero-order valence-electron chi connectivity index (χ0n) is 59.2. The van der Waals surface area contributed by atoms with Crippen molar-refractivity contribution in [1.82, 2.24) is 31.1 Å². The standard InChI is InChI=1S/C73H106N6O18/c1-48(77-66(84)74-39-19-15-16-21-41-76-68(86)97-61(53-23-27-55(28-24-53)62(80)70(6,7)88)54-25-29-56(30-26-54)63(81)71(8,9)89)43-93-45-50(3)95-47-52(5)96-46-51(4)94-44-49(2)78-67(85)75-40-20-17-18-22-42-79(69(87)92-14,59-35-31-57(32-36-59)64(82)72(10,11)90)60-37-33-58(34-38-60)65(83)73(12,13)91/h23-38,48-52,61,88-91H,15-22,39-47H2,1-14H3,(H4-,74,75,76,77,78,84,85,86)/p+1. The maximum absolute atomic E-state index is 13.9. The molecule has 97 heavy (non-hydrogen) atoms. The Labute approximate surface area is 571 Å². The second-order valence-electron chi connectivity index (χ2n) is 27.0. The van der Waals surface area contributed by atoms with Crippen LogP contribution in [0.3, 0.4) is 0 Å². The Morgan fingerprint density at radius 1 is 0.412 bits per heavy atom. The Kier molecular flexibility index (Phi) is 32.6. The molecule has 0 saturated carbocycles. The van der Waals surface area contributed by atoms with Gasteiger partial charge in [0.2, 0.25) is 0 Å². The Balaban J connectivity index is 1.05. The number of alkyl carbamates (subject to hydrolysis) is 1. The van der Waals surface area contributed by atoms with Crippen LogP contribution in [0.25, 0.3) is 0 Å². The fourth-order valence-electron chi connectivity index (χ4n) is 10.2. The molecular formula is C73H107N6O18+. The summed E-state index contributed by atoms with van der Waals surface area (Å²) in [4.78, 5) is 103. The number of quaternary nitrogens is 1. The first-order chi connectivity index (χ1) is 45.5. The largest absolute Gasteiger partial charge is 0.526 e. The lowest BCUT2D eigenvalue weighted by Crippen LogP contribution is -2.50. The lowest BCUT2D eigenvalue weighted by atomic mass is 9.92. The highest BCUT2D eigenvalue weighted by Gasteiger charge is 2.44. The third-order valence-corrected chi connectivity index (χ3v) is 15.7. The molecule has 0 heterocycles. The number of rotatable bonds is 42. The summed E-state index contributed by atoms with van der Waals surface area (Å²) in [6.07, 6.45) is 2.69. The van der Waals surface area contributed by atoms with Crippen LogP contribution in [0.4, 0.5) is 30.6 Å². The van der Waals surface area contributed by atoms with Gasteiger partial charge >= 0.3 is 24.2 Å². The highest BCUT2D eigenvalue weighted by atomic mass is 16.6. The molecule has 0 radical (unpaired) electrons. The first-order valence-electron chi connectivity index (χ1n) is 33.4. The number of amides is 6. The van der Waals surface area contributed by atoms with Gasteiger partial charge in [0, 0.05) is 66.2 Å². The third-order valence-electron chi connectivity index (χ3n) is 15.7. The second-order valence-corrected chi connectivity index (χ2v) is 27.0. The molecule has 6 amide bonds. The molecule has 0 spiro atoms. The van der Waals surface area contributed by atoms with Crippen LogP contribution in [0.15, 0.2) is 97.1 Å². The molecule has 0 saturated heterocycles. The van der Waals surface area contributed by atoms with Crippen LogP contribution < -0.4 is 31.1 Å². The predicted octanol–water partition coefficient (Wildman–Crippen LogP) is 10.2. The number of hydrogen-bond acceptors (Lipinski definition) is 18. The lowest BCUT2D eigenvalue weighted by molar-refractivity contribution is -0.0815. The lowest BCUT2D eigenvalue weighted by Gasteiger charge is -2.33. The van der Waals surface area contributed by atoms with Gasteiger partial charge in [0.1, 0.15) is 33.8 Å². The van der Waals surface area contributed by atoms with Crippen molar-refractivity contribution in [3.8, 4) is 0 Å². The maximum Gasteiger partial charge on any atom is 0.526 e. The van der Waals surface area contributed by atoms with Crippen LogP contribution in [0, 0.1) is 0 Å². The van der Waals surface area contributed by atoms with Gasteiger partial charge in [-0.1, -0.05) is 67.8 Å². The summed E-state index contributed by atoms with van der Waals surface area (Å²) >= 11 is 0. The minimum absolute atomic E-state index is 0.239. The number of carbonyl (C=O) groups excluding carboxylic acids is 8. The fraction of sp³-hybridized carbons (Fsp3) is 0.562. The SMILES string of the molecule is COC(=O)[N+](CCCCCCNC(=O)NC(C)COC(C)COC(C)COC(C)COCC(C)NC(=O)NCCCCCCNC(=O)OC(c1ccc(C(=O)C(C)(C)O)cc1)c1ccc(C(=O)C(C)(C)O)cc1)(c1ccc(C(=O)C(C)(C)O)cc1)c1ccc(C(=O)C(C)(C)O)cc1. The molecule has 536 valence electrons. The Bertz CT molecular complexity index is 3010. The summed E-state index contributed by atoms with van der Waals surface area (Å²) in [5, 5.41) is 55.4. The number of Topliss-reactive ketones (excluding diaryl/α,β-unsaturated/α-hetero) is 4. The molecule has 5 unspecified atom stereocenters. The third kappa shape index (κ3) is 27.4. The number of urea groups is 2. The van der Waals surface area contributed by atoms with E-state index >= 15 is 0 Å². The number of benzene rings is 4. The first kappa shape index (κ1) is 81.9. The van der Waals surface area contributed by atoms with Gasteiger partial charge in [-0.3, -0.25) is 19.2 Å². The van der Waals surface area contributed by atoms with Crippen molar-refractivity contribution >= 4 is 58.8 Å². The van der Waals surface area contributed by atoms with E-state index < -0.39 is 68.3 Å². The van der Waals surface area contributed by atoms with Crippen molar-refractivity contribution in [1.29, 1.82) is 0 Å². The van der Waals surface area contributed by atoms with Crippen LogP contribution in [-0.4, -0.2) is 187 Å². The van der Waals surface area contributed by atoms with Crippen molar-refractivity contribution in [3.63, 3.8) is 0 Å². The molecule has 0 fully saturated rings. The number of nitrogens with one attached hydrogen (secondary N) is 5. The van der Waals surface area contributed by atoms with Gasteiger partial charge in [-0.05, 0) is 158 Å². The van der Waals surface area contributed by atoms with E-state index in [1.54, 1.807) is 97.1 Å². The molecular weight excluding hydrogens is 1250 g/mol. The molecule has 0 aliphatic heterocycles. The Hall–Kier alpha value is -7.52. The zero-order valence-corrected chi connectivity index (χ0v) is 59.2. The van der Waals surface area contributed by atoms with E-state index in [1.807, 2.05) is 34.6 Å². The number of ether oxygens (including phenoxy) is 6. The minimum atomic E-state index is -1.60. The van der Waals surface area contributed by atoms with Gasteiger partial charge in [0.25, 0.3) is 0 Å². The molecule has 0 aliphatic carbocycles. The van der Waals surface area contributed by atoms with E-state index in [0.717, 1.165) is 25.7 Å². The van der Waals surface area contributed by atoms with Crippen molar-refractivity contribution in [3.05, 3.63) is 130 Å². The number of nitrogens with zero attached hydrogens (tertiary/aromatic N) is 1. The molecule has 0 aromatic heterocycles. The van der Waals surface area contributed by atoms with Gasteiger partial charge in [-0.25, -0.2) is 14.4 Å². The molecule has 0 aliphatic rings. The number of hydrogen-bond donors (Lipinski definition) is 9. The minimum Gasteiger partial charge on any atom is -0.436 e.